The van der Waals surface area contributed by atoms with Gasteiger partial charge < -0.3 is 14.2 Å². The van der Waals surface area contributed by atoms with Gasteiger partial charge in [-0.05, 0) is 105 Å². The van der Waals surface area contributed by atoms with Gasteiger partial charge in [0.1, 0.15) is 11.5 Å². The average molecular weight is 547 g/mol. The molecule has 0 bridgehead atoms. The zero-order valence-corrected chi connectivity index (χ0v) is 23.3. The van der Waals surface area contributed by atoms with E-state index in [1.165, 1.54) is 5.56 Å². The molecule has 0 saturated heterocycles. The van der Waals surface area contributed by atoms with Crippen LogP contribution in [-0.4, -0.2) is 30.3 Å². The Balaban J connectivity index is 1.42. The van der Waals surface area contributed by atoms with E-state index in [2.05, 4.69) is 13.5 Å². The van der Waals surface area contributed by atoms with Gasteiger partial charge in [-0.3, -0.25) is 0 Å². The van der Waals surface area contributed by atoms with Gasteiger partial charge in [0, 0.05) is 10.5 Å². The summed E-state index contributed by atoms with van der Waals surface area (Å²) in [6.07, 6.45) is 4.94. The fourth-order valence-electron chi connectivity index (χ4n) is 3.47. The molecular formula is C32H34O6S. The van der Waals surface area contributed by atoms with Crippen LogP contribution in [0.2, 0.25) is 0 Å². The molecule has 204 valence electrons. The highest BCUT2D eigenvalue weighted by molar-refractivity contribution is 7.99. The normalized spacial score (nSPS) is 10.5. The Morgan fingerprint density at radius 2 is 1.28 bits per heavy atom. The minimum atomic E-state index is -0.482. The van der Waals surface area contributed by atoms with Gasteiger partial charge in [0.15, 0.2) is 0 Å². The van der Waals surface area contributed by atoms with Gasteiger partial charge >= 0.3 is 17.9 Å². The van der Waals surface area contributed by atoms with E-state index in [1.807, 2.05) is 24.3 Å². The molecule has 0 heterocycles. The fourth-order valence-corrected chi connectivity index (χ4v) is 4.38. The average Bonchev–Trinajstić information content (AvgIpc) is 2.95. The lowest BCUT2D eigenvalue weighted by atomic mass is 10.1. The Kier molecular flexibility index (Phi) is 11.8. The number of carbonyl (C=O) groups is 3. The van der Waals surface area contributed by atoms with E-state index in [1.54, 1.807) is 67.2 Å². The van der Waals surface area contributed by atoms with Crippen LogP contribution in [0.3, 0.4) is 0 Å². The summed E-state index contributed by atoms with van der Waals surface area (Å²) in [5.41, 5.74) is 2.41. The van der Waals surface area contributed by atoms with Gasteiger partial charge in [-0.15, -0.1) is 11.8 Å². The molecular weight excluding hydrogens is 512 g/mol. The predicted molar refractivity (Wildman–Crippen MR) is 154 cm³/mol. The van der Waals surface area contributed by atoms with Crippen LogP contribution in [0.1, 0.15) is 65.8 Å². The Morgan fingerprint density at radius 3 is 1.82 bits per heavy atom. The topological polar surface area (TPSA) is 78.9 Å². The Hall–Kier alpha value is -3.84. The van der Waals surface area contributed by atoms with Crippen molar-refractivity contribution in [1.29, 1.82) is 0 Å². The number of ether oxygens (including phenoxy) is 3. The van der Waals surface area contributed by atoms with Crippen molar-refractivity contribution in [3.8, 4) is 11.5 Å². The second-order valence-electron chi connectivity index (χ2n) is 9.05. The second-order valence-corrected chi connectivity index (χ2v) is 10.2. The standard InChI is InChI=1S/C32H34O6S/c1-4-5-8-24-9-15-27(16-10-24)37-31(34)25-11-17-28(18-12-25)38-32(35)26-13-19-29(20-14-26)39-22-7-6-21-36-30(33)23(2)3/h9-20H,2,4-8,21-22H2,1,3H3. The molecule has 0 unspecified atom stereocenters. The van der Waals surface area contributed by atoms with Gasteiger partial charge in [-0.1, -0.05) is 32.1 Å². The molecule has 0 atom stereocenters. The van der Waals surface area contributed by atoms with Crippen molar-refractivity contribution < 1.29 is 28.6 Å². The van der Waals surface area contributed by atoms with E-state index >= 15 is 0 Å². The summed E-state index contributed by atoms with van der Waals surface area (Å²) >= 11 is 1.66. The summed E-state index contributed by atoms with van der Waals surface area (Å²) in [5.74, 6) is 0.374. The van der Waals surface area contributed by atoms with E-state index in [4.69, 9.17) is 14.2 Å². The van der Waals surface area contributed by atoms with Crippen LogP contribution in [0.25, 0.3) is 0 Å². The highest BCUT2D eigenvalue weighted by Gasteiger charge is 2.12. The number of hydrogen-bond acceptors (Lipinski definition) is 7. The van der Waals surface area contributed by atoms with E-state index < -0.39 is 11.9 Å². The number of benzene rings is 3. The minimum Gasteiger partial charge on any atom is -0.462 e. The number of esters is 3. The summed E-state index contributed by atoms with van der Waals surface area (Å²) in [5, 5.41) is 0. The first-order chi connectivity index (χ1) is 18.9. The van der Waals surface area contributed by atoms with Gasteiger partial charge in [0.25, 0.3) is 0 Å². The molecule has 0 saturated carbocycles. The monoisotopic (exact) mass is 546 g/mol. The largest absolute Gasteiger partial charge is 0.462 e. The summed E-state index contributed by atoms with van der Waals surface area (Å²) in [7, 11) is 0. The second kappa shape index (κ2) is 15.5. The SMILES string of the molecule is C=C(C)C(=O)OCCCCSc1ccc(C(=O)Oc2ccc(C(=O)Oc3ccc(CCCC)cc3)cc2)cc1. The zero-order valence-electron chi connectivity index (χ0n) is 22.4. The maximum Gasteiger partial charge on any atom is 0.343 e. The lowest BCUT2D eigenvalue weighted by Crippen LogP contribution is -2.10. The molecule has 0 amide bonds. The van der Waals surface area contributed by atoms with Crippen LogP contribution in [0.4, 0.5) is 0 Å². The maximum absolute atomic E-state index is 12.5. The van der Waals surface area contributed by atoms with Gasteiger partial charge in [0.2, 0.25) is 0 Å². The van der Waals surface area contributed by atoms with Gasteiger partial charge in [0.05, 0.1) is 17.7 Å². The van der Waals surface area contributed by atoms with Gasteiger partial charge in [-0.2, -0.15) is 0 Å². The van der Waals surface area contributed by atoms with Crippen LogP contribution < -0.4 is 9.47 Å². The number of thioether (sulfide) groups is 1. The quantitative estimate of drug-likeness (QED) is 0.0683. The minimum absolute atomic E-state index is 0.336. The first-order valence-electron chi connectivity index (χ1n) is 13.0. The maximum atomic E-state index is 12.5. The summed E-state index contributed by atoms with van der Waals surface area (Å²) < 4.78 is 16.0. The van der Waals surface area contributed by atoms with Crippen molar-refractivity contribution in [3.05, 3.63) is 102 Å². The Morgan fingerprint density at radius 1 is 0.744 bits per heavy atom. The molecule has 6 nitrogen and oxygen atoms in total. The molecule has 0 spiro atoms. The van der Waals surface area contributed by atoms with Crippen LogP contribution in [-0.2, 0) is 16.0 Å². The number of hydrogen-bond donors (Lipinski definition) is 0. The summed E-state index contributed by atoms with van der Waals surface area (Å²) in [6, 6.07) is 21.0. The van der Waals surface area contributed by atoms with Crippen LogP contribution in [0.5, 0.6) is 11.5 Å². The van der Waals surface area contributed by atoms with Gasteiger partial charge in [-0.25, -0.2) is 14.4 Å². The third-order valence-electron chi connectivity index (χ3n) is 5.73. The third kappa shape index (κ3) is 10.1. The summed E-state index contributed by atoms with van der Waals surface area (Å²) in [6.45, 7) is 7.72. The van der Waals surface area contributed by atoms with E-state index in [0.717, 1.165) is 42.8 Å². The van der Waals surface area contributed by atoms with Crippen molar-refractivity contribution in [2.75, 3.05) is 12.4 Å². The zero-order chi connectivity index (χ0) is 28.0. The third-order valence-corrected chi connectivity index (χ3v) is 6.83. The van der Waals surface area contributed by atoms with E-state index in [9.17, 15) is 14.4 Å². The molecule has 3 aromatic carbocycles. The molecule has 3 aromatic rings. The molecule has 0 aliphatic heterocycles. The smallest absolute Gasteiger partial charge is 0.343 e. The van der Waals surface area contributed by atoms with Crippen LogP contribution in [0, 0.1) is 0 Å². The van der Waals surface area contributed by atoms with Crippen LogP contribution >= 0.6 is 11.8 Å². The molecule has 7 heteroatoms. The first-order valence-corrected chi connectivity index (χ1v) is 14.0. The molecule has 0 aliphatic rings. The Bertz CT molecular complexity index is 1250. The summed E-state index contributed by atoms with van der Waals surface area (Å²) in [4.78, 5) is 37.4. The number of carbonyl (C=O) groups excluding carboxylic acids is 3. The fraction of sp³-hybridized carbons (Fsp3) is 0.281. The van der Waals surface area contributed by atoms with Crippen molar-refractivity contribution in [2.24, 2.45) is 0 Å². The first kappa shape index (κ1) is 29.7. The lowest BCUT2D eigenvalue weighted by molar-refractivity contribution is -0.139. The van der Waals surface area contributed by atoms with E-state index in [0.29, 0.717) is 34.8 Å². The lowest BCUT2D eigenvalue weighted by Gasteiger charge is -2.08. The molecule has 39 heavy (non-hydrogen) atoms. The number of rotatable bonds is 14. The molecule has 0 aromatic heterocycles. The number of aryl methyl sites for hydroxylation is 1. The Labute approximate surface area is 234 Å². The van der Waals surface area contributed by atoms with Crippen molar-refractivity contribution in [1.82, 2.24) is 0 Å². The highest BCUT2D eigenvalue weighted by Crippen LogP contribution is 2.22. The number of unbranched alkanes of at least 4 members (excludes halogenated alkanes) is 2. The van der Waals surface area contributed by atoms with Crippen molar-refractivity contribution in [3.63, 3.8) is 0 Å². The molecule has 0 aliphatic carbocycles. The van der Waals surface area contributed by atoms with Crippen LogP contribution in [0.15, 0.2) is 89.8 Å². The van der Waals surface area contributed by atoms with Crippen molar-refractivity contribution >= 4 is 29.7 Å². The predicted octanol–water partition coefficient (Wildman–Crippen LogP) is 7.46. The molecule has 3 rings (SSSR count). The highest BCUT2D eigenvalue weighted by atomic mass is 32.2. The molecule has 0 fully saturated rings. The molecule has 0 N–H and O–H groups in total. The van der Waals surface area contributed by atoms with E-state index in [-0.39, 0.29) is 5.97 Å². The molecule has 0 radical (unpaired) electrons. The van der Waals surface area contributed by atoms with Crippen molar-refractivity contribution in [2.45, 2.75) is 50.8 Å².